The predicted molar refractivity (Wildman–Crippen MR) is 115 cm³/mol. The highest BCUT2D eigenvalue weighted by molar-refractivity contribution is 9.10. The number of benzene rings is 1. The Morgan fingerprint density at radius 2 is 2.00 bits per heavy atom. The second-order valence-electron chi connectivity index (χ2n) is 7.10. The van der Waals surface area contributed by atoms with E-state index in [4.69, 9.17) is 0 Å². The number of nitrogens with zero attached hydrogens (tertiary/aromatic N) is 5. The van der Waals surface area contributed by atoms with E-state index >= 15 is 0 Å². The van der Waals surface area contributed by atoms with Crippen molar-refractivity contribution in [2.45, 2.75) is 26.3 Å². The minimum Gasteiger partial charge on any atom is -0.352 e. The van der Waals surface area contributed by atoms with E-state index in [0.717, 1.165) is 14.7 Å². The van der Waals surface area contributed by atoms with E-state index in [0.29, 0.717) is 25.1 Å². The summed E-state index contributed by atoms with van der Waals surface area (Å²) >= 11 is 3.40. The van der Waals surface area contributed by atoms with Gasteiger partial charge >= 0.3 is 0 Å². The van der Waals surface area contributed by atoms with Crippen LogP contribution in [0.2, 0.25) is 0 Å². The van der Waals surface area contributed by atoms with Gasteiger partial charge in [0.2, 0.25) is 0 Å². The predicted octanol–water partition coefficient (Wildman–Crippen LogP) is 4.56. The van der Waals surface area contributed by atoms with Crippen LogP contribution in [0.25, 0.3) is 16.9 Å². The highest BCUT2D eigenvalue weighted by Gasteiger charge is 2.21. The van der Waals surface area contributed by atoms with Gasteiger partial charge in [0.05, 0.1) is 22.1 Å². The normalized spacial score (nSPS) is 11.4. The zero-order valence-corrected chi connectivity index (χ0v) is 18.5. The third kappa shape index (κ3) is 4.52. The van der Waals surface area contributed by atoms with Crippen LogP contribution in [-0.4, -0.2) is 36.8 Å². The molecule has 0 aliphatic rings. The summed E-state index contributed by atoms with van der Waals surface area (Å²) in [6, 6.07) is 6.49. The molecule has 4 rings (SSSR count). The maximum atomic E-state index is 13.6. The third-order valence-electron chi connectivity index (χ3n) is 4.84. The summed E-state index contributed by atoms with van der Waals surface area (Å²) in [6.45, 7) is 2.84. The molecule has 0 radical (unpaired) electrons. The molecule has 3 aromatic heterocycles. The molecular weight excluding hydrogens is 489 g/mol. The lowest BCUT2D eigenvalue weighted by Gasteiger charge is -2.09. The lowest BCUT2D eigenvalue weighted by atomic mass is 10.1. The summed E-state index contributed by atoms with van der Waals surface area (Å²) in [5.41, 5.74) is 1.19. The van der Waals surface area contributed by atoms with Crippen molar-refractivity contribution in [3.8, 4) is 11.3 Å². The highest BCUT2D eigenvalue weighted by Crippen LogP contribution is 2.27. The van der Waals surface area contributed by atoms with Gasteiger partial charge in [-0.1, -0.05) is 0 Å². The van der Waals surface area contributed by atoms with E-state index in [1.165, 1.54) is 36.5 Å². The van der Waals surface area contributed by atoms with Crippen LogP contribution in [0.3, 0.4) is 0 Å². The number of aryl methyl sites for hydroxylation is 2. The van der Waals surface area contributed by atoms with E-state index in [-0.39, 0.29) is 16.9 Å². The summed E-state index contributed by atoms with van der Waals surface area (Å²) in [6.07, 6.45) is 0.850. The van der Waals surface area contributed by atoms with Gasteiger partial charge in [0, 0.05) is 24.8 Å². The van der Waals surface area contributed by atoms with Gasteiger partial charge in [-0.2, -0.15) is 10.2 Å². The van der Waals surface area contributed by atoms with Gasteiger partial charge in [0.15, 0.2) is 5.65 Å². The summed E-state index contributed by atoms with van der Waals surface area (Å²) in [5, 5.41) is 11.0. The van der Waals surface area contributed by atoms with Crippen LogP contribution in [0.15, 0.2) is 47.2 Å². The average Bonchev–Trinajstić information content (AvgIpc) is 3.33. The number of carbonyl (C=O) groups is 1. The zero-order chi connectivity index (χ0) is 22.8. The van der Waals surface area contributed by atoms with E-state index in [9.17, 15) is 18.0 Å². The Bertz CT molecular complexity index is 1250. The lowest BCUT2D eigenvalue weighted by Crippen LogP contribution is -2.25. The number of rotatable bonds is 7. The quantitative estimate of drug-likeness (QED) is 0.372. The lowest BCUT2D eigenvalue weighted by molar-refractivity contribution is 0.0953. The molecule has 32 heavy (non-hydrogen) atoms. The van der Waals surface area contributed by atoms with Crippen molar-refractivity contribution < 1.29 is 18.0 Å². The number of alkyl halides is 2. The molecule has 7 nitrogen and oxygen atoms in total. The SMILES string of the molecule is Cc1nn(CCCNC(=O)c2cnn3c(C(F)F)cc(-c4ccc(F)cc4)nc23)cc1Br. The van der Waals surface area contributed by atoms with Crippen molar-refractivity contribution in [3.63, 3.8) is 0 Å². The molecule has 0 saturated heterocycles. The number of fused-ring (bicyclic) bond motifs is 1. The Hall–Kier alpha value is -3.21. The van der Waals surface area contributed by atoms with Crippen molar-refractivity contribution in [2.75, 3.05) is 6.54 Å². The number of nitrogens with one attached hydrogen (secondary N) is 1. The Morgan fingerprint density at radius 3 is 2.66 bits per heavy atom. The molecule has 3 heterocycles. The van der Waals surface area contributed by atoms with Crippen LogP contribution in [-0.2, 0) is 6.54 Å². The molecule has 0 bridgehead atoms. The van der Waals surface area contributed by atoms with Crippen molar-refractivity contribution in [1.29, 1.82) is 0 Å². The van der Waals surface area contributed by atoms with Crippen molar-refractivity contribution in [3.05, 3.63) is 70.0 Å². The Morgan fingerprint density at radius 1 is 1.25 bits per heavy atom. The first-order chi connectivity index (χ1) is 15.3. The largest absolute Gasteiger partial charge is 0.352 e. The van der Waals surface area contributed by atoms with Gasteiger partial charge in [-0.05, 0) is 59.6 Å². The van der Waals surface area contributed by atoms with Gasteiger partial charge in [0.1, 0.15) is 17.1 Å². The summed E-state index contributed by atoms with van der Waals surface area (Å²) in [4.78, 5) is 17.0. The molecule has 1 amide bonds. The fourth-order valence-electron chi connectivity index (χ4n) is 3.22. The summed E-state index contributed by atoms with van der Waals surface area (Å²) in [5.74, 6) is -0.923. The number of carbonyl (C=O) groups excluding carboxylic acids is 1. The van der Waals surface area contributed by atoms with Gasteiger partial charge in [-0.3, -0.25) is 9.48 Å². The second-order valence-corrected chi connectivity index (χ2v) is 7.96. The van der Waals surface area contributed by atoms with Crippen LogP contribution >= 0.6 is 15.9 Å². The monoisotopic (exact) mass is 506 g/mol. The Labute approximate surface area is 189 Å². The highest BCUT2D eigenvalue weighted by atomic mass is 79.9. The smallest absolute Gasteiger partial charge is 0.280 e. The number of halogens is 4. The maximum absolute atomic E-state index is 13.6. The molecule has 0 spiro atoms. The standard InChI is InChI=1S/C21H18BrF3N6O/c1-12-16(22)11-30(29-12)8-2-7-26-21(32)15-10-27-31-18(19(24)25)9-17(28-20(15)31)13-3-5-14(23)6-4-13/h3-6,9-11,19H,2,7-8H2,1H3,(H,26,32). The van der Waals surface area contributed by atoms with E-state index < -0.39 is 23.8 Å². The molecule has 166 valence electrons. The van der Waals surface area contributed by atoms with Gasteiger partial charge < -0.3 is 5.32 Å². The molecular formula is C21H18BrF3N6O. The first kappa shape index (κ1) is 22.0. The van der Waals surface area contributed by atoms with Gasteiger partial charge in [-0.25, -0.2) is 22.7 Å². The topological polar surface area (TPSA) is 77.1 Å². The zero-order valence-electron chi connectivity index (χ0n) is 16.9. The molecule has 0 aliphatic carbocycles. The minimum absolute atomic E-state index is 0.00579. The molecule has 0 unspecified atom stereocenters. The van der Waals surface area contributed by atoms with Crippen molar-refractivity contribution in [2.24, 2.45) is 0 Å². The first-order valence-electron chi connectivity index (χ1n) is 9.74. The van der Waals surface area contributed by atoms with Crippen LogP contribution in [0.1, 0.15) is 34.6 Å². The maximum Gasteiger partial charge on any atom is 0.280 e. The number of amides is 1. The Kier molecular flexibility index (Phi) is 6.26. The summed E-state index contributed by atoms with van der Waals surface area (Å²) in [7, 11) is 0. The number of hydrogen-bond donors (Lipinski definition) is 1. The molecule has 11 heteroatoms. The first-order valence-corrected chi connectivity index (χ1v) is 10.5. The molecule has 0 aliphatic heterocycles. The second kappa shape index (κ2) is 9.11. The summed E-state index contributed by atoms with van der Waals surface area (Å²) < 4.78 is 44.2. The molecule has 0 saturated carbocycles. The average molecular weight is 507 g/mol. The van der Waals surface area contributed by atoms with Gasteiger partial charge in [0.25, 0.3) is 12.3 Å². The van der Waals surface area contributed by atoms with Crippen molar-refractivity contribution in [1.82, 2.24) is 29.7 Å². The molecule has 0 atom stereocenters. The number of aromatic nitrogens is 5. The fourth-order valence-corrected chi connectivity index (χ4v) is 3.53. The van der Waals surface area contributed by atoms with Gasteiger partial charge in [-0.15, -0.1) is 0 Å². The fraction of sp³-hybridized carbons (Fsp3) is 0.238. The number of hydrogen-bond acceptors (Lipinski definition) is 4. The Balaban J connectivity index is 1.55. The van der Waals surface area contributed by atoms with E-state index in [1.807, 2.05) is 13.1 Å². The van der Waals surface area contributed by atoms with E-state index in [2.05, 4.69) is 36.4 Å². The van der Waals surface area contributed by atoms with Crippen LogP contribution in [0.4, 0.5) is 13.2 Å². The van der Waals surface area contributed by atoms with Crippen LogP contribution < -0.4 is 5.32 Å². The minimum atomic E-state index is -2.84. The van der Waals surface area contributed by atoms with Crippen LogP contribution in [0, 0.1) is 12.7 Å². The molecule has 1 N–H and O–H groups in total. The molecule has 1 aromatic carbocycles. The van der Waals surface area contributed by atoms with Crippen LogP contribution in [0.5, 0.6) is 0 Å². The van der Waals surface area contributed by atoms with E-state index in [1.54, 1.807) is 4.68 Å². The molecule has 0 fully saturated rings. The van der Waals surface area contributed by atoms with Crippen molar-refractivity contribution >= 4 is 27.5 Å². The molecule has 4 aromatic rings. The third-order valence-corrected chi connectivity index (χ3v) is 5.62.